The van der Waals surface area contributed by atoms with E-state index in [0.717, 1.165) is 50.3 Å². The van der Waals surface area contributed by atoms with Gasteiger partial charge in [0.15, 0.2) is 0 Å². The Kier molecular flexibility index (Phi) is 10.6. The quantitative estimate of drug-likeness (QED) is 0.416. The van der Waals surface area contributed by atoms with E-state index < -0.39 is 0 Å². The fraction of sp³-hybridized carbons (Fsp3) is 0.462. The zero-order valence-electron chi connectivity index (χ0n) is 19.8. The summed E-state index contributed by atoms with van der Waals surface area (Å²) < 4.78 is 10.3. The van der Waals surface area contributed by atoms with Crippen LogP contribution in [0.1, 0.15) is 60.2 Å². The molecule has 32 heavy (non-hydrogen) atoms. The lowest BCUT2D eigenvalue weighted by atomic mass is 10.1. The van der Waals surface area contributed by atoms with Crippen molar-refractivity contribution in [2.75, 3.05) is 40.4 Å². The summed E-state index contributed by atoms with van der Waals surface area (Å²) >= 11 is 0. The predicted octanol–water partition coefficient (Wildman–Crippen LogP) is 4.89. The van der Waals surface area contributed by atoms with Crippen LogP contribution in [0.15, 0.2) is 48.5 Å². The lowest BCUT2D eigenvalue weighted by Gasteiger charge is -2.22. The summed E-state index contributed by atoms with van der Waals surface area (Å²) in [4.78, 5) is 29.2. The first-order chi connectivity index (χ1) is 15.5. The van der Waals surface area contributed by atoms with E-state index in [1.807, 2.05) is 72.2 Å². The van der Waals surface area contributed by atoms with Gasteiger partial charge in [-0.05, 0) is 75.2 Å². The van der Waals surface area contributed by atoms with Crippen LogP contribution in [-0.4, -0.2) is 62.0 Å². The van der Waals surface area contributed by atoms with Crippen LogP contribution < -0.4 is 9.47 Å². The Bertz CT molecular complexity index is 762. The number of carbonyl (C=O) groups excluding carboxylic acids is 2. The molecule has 0 fully saturated rings. The van der Waals surface area contributed by atoms with Crippen LogP contribution in [0.5, 0.6) is 11.5 Å². The highest BCUT2D eigenvalue weighted by Gasteiger charge is 2.15. The molecule has 2 aromatic rings. The minimum atomic E-state index is 0.0531. The number of benzene rings is 2. The minimum absolute atomic E-state index is 0.0531. The highest BCUT2D eigenvalue weighted by Crippen LogP contribution is 2.15. The molecule has 6 nitrogen and oxygen atoms in total. The molecule has 6 heteroatoms. The molecule has 0 bridgehead atoms. The highest BCUT2D eigenvalue weighted by atomic mass is 16.5. The van der Waals surface area contributed by atoms with Crippen LogP contribution in [0.4, 0.5) is 0 Å². The van der Waals surface area contributed by atoms with E-state index in [0.29, 0.717) is 24.2 Å². The first-order valence-corrected chi connectivity index (χ1v) is 11.4. The molecule has 0 unspecified atom stereocenters. The molecule has 2 aromatic carbocycles. The van der Waals surface area contributed by atoms with Gasteiger partial charge in [-0.3, -0.25) is 9.59 Å². The molecule has 0 aromatic heterocycles. The van der Waals surface area contributed by atoms with Crippen molar-refractivity contribution in [1.29, 1.82) is 0 Å². The average Bonchev–Trinajstić information content (AvgIpc) is 2.85. The summed E-state index contributed by atoms with van der Waals surface area (Å²) in [5.41, 5.74) is 1.37. The Balaban J connectivity index is 1.72. The molecule has 0 aliphatic carbocycles. The van der Waals surface area contributed by atoms with Gasteiger partial charge in [0.05, 0.1) is 14.2 Å². The molecular formula is C26H36N2O4. The number of hydrogen-bond donors (Lipinski definition) is 0. The second-order valence-corrected chi connectivity index (χ2v) is 7.64. The van der Waals surface area contributed by atoms with E-state index in [2.05, 4.69) is 0 Å². The SMILES string of the molecule is CCN(CCCCCCN(CC)C(=O)c1ccc(OC)cc1)C(=O)c1ccc(OC)cc1. The van der Waals surface area contributed by atoms with Crippen LogP contribution in [0.3, 0.4) is 0 Å². The van der Waals surface area contributed by atoms with E-state index in [1.165, 1.54) is 0 Å². The molecule has 2 rings (SSSR count). The van der Waals surface area contributed by atoms with Gasteiger partial charge in [-0.15, -0.1) is 0 Å². The topological polar surface area (TPSA) is 59.1 Å². The molecule has 0 saturated carbocycles. The number of nitrogens with zero attached hydrogens (tertiary/aromatic N) is 2. The Hall–Kier alpha value is -3.02. The van der Waals surface area contributed by atoms with Gasteiger partial charge in [0.1, 0.15) is 11.5 Å². The molecule has 0 saturated heterocycles. The monoisotopic (exact) mass is 440 g/mol. The van der Waals surface area contributed by atoms with E-state index in [-0.39, 0.29) is 11.8 Å². The zero-order chi connectivity index (χ0) is 23.3. The normalized spacial score (nSPS) is 10.5. The summed E-state index contributed by atoms with van der Waals surface area (Å²) in [6, 6.07) is 14.5. The fourth-order valence-corrected chi connectivity index (χ4v) is 3.60. The molecule has 0 radical (unpaired) electrons. The van der Waals surface area contributed by atoms with Crippen molar-refractivity contribution in [3.8, 4) is 11.5 Å². The van der Waals surface area contributed by atoms with Gasteiger partial charge in [0, 0.05) is 37.3 Å². The maximum Gasteiger partial charge on any atom is 0.253 e. The van der Waals surface area contributed by atoms with E-state index in [4.69, 9.17) is 9.47 Å². The van der Waals surface area contributed by atoms with E-state index in [9.17, 15) is 9.59 Å². The van der Waals surface area contributed by atoms with Gasteiger partial charge in [-0.2, -0.15) is 0 Å². The molecule has 0 N–H and O–H groups in total. The van der Waals surface area contributed by atoms with Crippen molar-refractivity contribution in [3.05, 3.63) is 59.7 Å². The number of methoxy groups -OCH3 is 2. The molecule has 174 valence electrons. The third-order valence-electron chi connectivity index (χ3n) is 5.62. The van der Waals surface area contributed by atoms with Gasteiger partial charge in [-0.1, -0.05) is 12.8 Å². The molecule has 0 spiro atoms. The van der Waals surface area contributed by atoms with Gasteiger partial charge in [-0.25, -0.2) is 0 Å². The van der Waals surface area contributed by atoms with Crippen molar-refractivity contribution in [2.45, 2.75) is 39.5 Å². The number of rotatable bonds is 13. The fourth-order valence-electron chi connectivity index (χ4n) is 3.60. The number of amides is 2. The molecule has 2 amide bonds. The van der Waals surface area contributed by atoms with Gasteiger partial charge in [0.25, 0.3) is 11.8 Å². The third kappa shape index (κ3) is 7.29. The minimum Gasteiger partial charge on any atom is -0.497 e. The number of ether oxygens (including phenoxy) is 2. The zero-order valence-corrected chi connectivity index (χ0v) is 19.8. The van der Waals surface area contributed by atoms with Crippen LogP contribution >= 0.6 is 0 Å². The smallest absolute Gasteiger partial charge is 0.253 e. The lowest BCUT2D eigenvalue weighted by Crippen LogP contribution is -2.32. The Morgan fingerprint density at radius 2 is 0.969 bits per heavy atom. The molecular weight excluding hydrogens is 404 g/mol. The number of carbonyl (C=O) groups is 2. The van der Waals surface area contributed by atoms with Crippen LogP contribution in [-0.2, 0) is 0 Å². The second kappa shape index (κ2) is 13.4. The first kappa shape index (κ1) is 25.2. The maximum atomic E-state index is 12.7. The van der Waals surface area contributed by atoms with E-state index >= 15 is 0 Å². The van der Waals surface area contributed by atoms with Crippen LogP contribution in [0.25, 0.3) is 0 Å². The van der Waals surface area contributed by atoms with Gasteiger partial charge in [0.2, 0.25) is 0 Å². The summed E-state index contributed by atoms with van der Waals surface area (Å²) in [6.45, 7) is 6.86. The standard InChI is InChI=1S/C26H36N2O4/c1-5-27(25(29)21-11-15-23(31-3)16-12-21)19-9-7-8-10-20-28(6-2)26(30)22-13-17-24(32-4)18-14-22/h11-18H,5-10,19-20H2,1-4H3. The lowest BCUT2D eigenvalue weighted by molar-refractivity contribution is 0.0747. The number of hydrogen-bond acceptors (Lipinski definition) is 4. The van der Waals surface area contributed by atoms with Crippen molar-refractivity contribution in [3.63, 3.8) is 0 Å². The molecule has 0 atom stereocenters. The third-order valence-corrected chi connectivity index (χ3v) is 5.62. The van der Waals surface area contributed by atoms with Crippen molar-refractivity contribution in [2.24, 2.45) is 0 Å². The second-order valence-electron chi connectivity index (χ2n) is 7.64. The molecule has 0 aliphatic heterocycles. The molecule has 0 heterocycles. The molecule has 0 aliphatic rings. The largest absolute Gasteiger partial charge is 0.497 e. The van der Waals surface area contributed by atoms with E-state index in [1.54, 1.807) is 14.2 Å². The van der Waals surface area contributed by atoms with Crippen molar-refractivity contribution < 1.29 is 19.1 Å². The number of unbranched alkanes of at least 4 members (excludes halogenated alkanes) is 3. The summed E-state index contributed by atoms with van der Waals surface area (Å²) in [6.07, 6.45) is 3.96. The van der Waals surface area contributed by atoms with Crippen molar-refractivity contribution in [1.82, 2.24) is 9.80 Å². The maximum absolute atomic E-state index is 12.7. The predicted molar refractivity (Wildman–Crippen MR) is 128 cm³/mol. The Morgan fingerprint density at radius 3 is 1.25 bits per heavy atom. The first-order valence-electron chi connectivity index (χ1n) is 11.4. The Labute approximate surface area is 192 Å². The highest BCUT2D eigenvalue weighted by molar-refractivity contribution is 5.94. The summed E-state index contributed by atoms with van der Waals surface area (Å²) in [5, 5.41) is 0. The summed E-state index contributed by atoms with van der Waals surface area (Å²) in [7, 11) is 3.23. The van der Waals surface area contributed by atoms with Crippen molar-refractivity contribution >= 4 is 11.8 Å². The Morgan fingerprint density at radius 1 is 0.625 bits per heavy atom. The van der Waals surface area contributed by atoms with Gasteiger partial charge < -0.3 is 19.3 Å². The average molecular weight is 441 g/mol. The van der Waals surface area contributed by atoms with Gasteiger partial charge >= 0.3 is 0 Å². The van der Waals surface area contributed by atoms with Crippen LogP contribution in [0.2, 0.25) is 0 Å². The summed E-state index contributed by atoms with van der Waals surface area (Å²) in [5.74, 6) is 1.60. The van der Waals surface area contributed by atoms with Crippen LogP contribution in [0, 0.1) is 0 Å².